The summed E-state index contributed by atoms with van der Waals surface area (Å²) in [6.45, 7) is 2.12. The molecule has 3 rings (SSSR count). The van der Waals surface area contributed by atoms with Crippen LogP contribution in [0.2, 0.25) is 4.34 Å². The standard InChI is InChI=1S/C16H16ClNOS/c1-3-11-15(10-6-4-5-7-12(10)19-11)16(18-2)13-8-9-14(17)20-13/h4-9,16,18H,3H2,1-2H3. The SMILES string of the molecule is CCc1oc2ccccc2c1C(NC)c1ccc(Cl)s1. The first-order chi connectivity index (χ1) is 9.74. The first-order valence-electron chi connectivity index (χ1n) is 6.67. The summed E-state index contributed by atoms with van der Waals surface area (Å²) in [5.74, 6) is 1.04. The Morgan fingerprint density at radius 2 is 2.05 bits per heavy atom. The minimum atomic E-state index is 0.117. The monoisotopic (exact) mass is 305 g/mol. The molecule has 0 fully saturated rings. The van der Waals surface area contributed by atoms with Gasteiger partial charge < -0.3 is 9.73 Å². The molecule has 3 aromatic rings. The predicted octanol–water partition coefficient (Wildman–Crippen LogP) is 5.02. The van der Waals surface area contributed by atoms with Crippen LogP contribution in [0.25, 0.3) is 11.0 Å². The van der Waals surface area contributed by atoms with E-state index >= 15 is 0 Å². The summed E-state index contributed by atoms with van der Waals surface area (Å²) >= 11 is 7.69. The molecule has 0 aliphatic carbocycles. The van der Waals surface area contributed by atoms with Gasteiger partial charge in [-0.2, -0.15) is 0 Å². The predicted molar refractivity (Wildman–Crippen MR) is 85.8 cm³/mol. The van der Waals surface area contributed by atoms with Crippen molar-refractivity contribution in [2.75, 3.05) is 7.05 Å². The van der Waals surface area contributed by atoms with Gasteiger partial charge in [0.2, 0.25) is 0 Å². The number of hydrogen-bond donors (Lipinski definition) is 1. The fourth-order valence-electron chi connectivity index (χ4n) is 2.61. The molecule has 2 aromatic heterocycles. The van der Waals surface area contributed by atoms with Crippen molar-refractivity contribution >= 4 is 33.9 Å². The fourth-order valence-corrected chi connectivity index (χ4v) is 3.79. The van der Waals surface area contributed by atoms with Gasteiger partial charge in [-0.1, -0.05) is 36.7 Å². The van der Waals surface area contributed by atoms with Crippen LogP contribution in [-0.2, 0) is 6.42 Å². The van der Waals surface area contributed by atoms with E-state index in [4.69, 9.17) is 16.0 Å². The molecule has 0 saturated carbocycles. The summed E-state index contributed by atoms with van der Waals surface area (Å²) in [6.07, 6.45) is 0.876. The normalized spacial score (nSPS) is 12.9. The zero-order valence-corrected chi connectivity index (χ0v) is 13.0. The second kappa shape index (κ2) is 5.60. The van der Waals surface area contributed by atoms with Crippen LogP contribution < -0.4 is 5.32 Å². The van der Waals surface area contributed by atoms with Gasteiger partial charge in [-0.15, -0.1) is 11.3 Å². The zero-order valence-electron chi connectivity index (χ0n) is 11.4. The van der Waals surface area contributed by atoms with E-state index in [0.717, 1.165) is 22.1 Å². The summed E-state index contributed by atoms with van der Waals surface area (Å²) in [4.78, 5) is 1.21. The molecule has 0 aliphatic rings. The Hall–Kier alpha value is -1.29. The molecule has 2 nitrogen and oxygen atoms in total. The molecule has 1 unspecified atom stereocenters. The van der Waals surface area contributed by atoms with Crippen LogP contribution in [0.15, 0.2) is 40.8 Å². The zero-order chi connectivity index (χ0) is 14.1. The van der Waals surface area contributed by atoms with Crippen molar-refractivity contribution in [3.8, 4) is 0 Å². The van der Waals surface area contributed by atoms with Gasteiger partial charge >= 0.3 is 0 Å². The number of para-hydroxylation sites is 1. The largest absolute Gasteiger partial charge is 0.461 e. The number of rotatable bonds is 4. The average Bonchev–Trinajstić information content (AvgIpc) is 3.05. The minimum Gasteiger partial charge on any atom is -0.461 e. The lowest BCUT2D eigenvalue weighted by molar-refractivity contribution is 0.540. The lowest BCUT2D eigenvalue weighted by Gasteiger charge is -2.15. The molecule has 0 spiro atoms. The van der Waals surface area contributed by atoms with E-state index in [9.17, 15) is 0 Å². The van der Waals surface area contributed by atoms with Crippen molar-refractivity contribution in [3.63, 3.8) is 0 Å². The number of hydrogen-bond acceptors (Lipinski definition) is 3. The van der Waals surface area contributed by atoms with Crippen molar-refractivity contribution in [1.29, 1.82) is 0 Å². The second-order valence-corrected chi connectivity index (χ2v) is 6.40. The summed E-state index contributed by atoms with van der Waals surface area (Å²) in [7, 11) is 1.97. The van der Waals surface area contributed by atoms with E-state index in [1.54, 1.807) is 11.3 Å². The number of thiophene rings is 1. The third-order valence-corrected chi connectivity index (χ3v) is 4.78. The Bertz CT molecular complexity index is 731. The average molecular weight is 306 g/mol. The summed E-state index contributed by atoms with van der Waals surface area (Å²) < 4.78 is 6.80. The van der Waals surface area contributed by atoms with Crippen LogP contribution in [0.5, 0.6) is 0 Å². The molecule has 0 aliphatic heterocycles. The van der Waals surface area contributed by atoms with Crippen molar-refractivity contribution in [2.45, 2.75) is 19.4 Å². The third kappa shape index (κ3) is 2.26. The Kier molecular flexibility index (Phi) is 3.83. The topological polar surface area (TPSA) is 25.2 Å². The van der Waals surface area contributed by atoms with Crippen LogP contribution in [0.3, 0.4) is 0 Å². The lowest BCUT2D eigenvalue weighted by atomic mass is 10.0. The third-order valence-electron chi connectivity index (χ3n) is 3.49. The number of halogens is 1. The van der Waals surface area contributed by atoms with Gasteiger partial charge in [0.05, 0.1) is 10.4 Å². The molecule has 1 atom stereocenters. The number of furan rings is 1. The molecule has 20 heavy (non-hydrogen) atoms. The van der Waals surface area contributed by atoms with Crippen LogP contribution in [-0.4, -0.2) is 7.05 Å². The van der Waals surface area contributed by atoms with Gasteiger partial charge in [0.1, 0.15) is 11.3 Å². The highest BCUT2D eigenvalue weighted by atomic mass is 35.5. The summed E-state index contributed by atoms with van der Waals surface area (Å²) in [6, 6.07) is 12.3. The number of nitrogens with one attached hydrogen (secondary N) is 1. The van der Waals surface area contributed by atoms with Gasteiger partial charge in [0.25, 0.3) is 0 Å². The summed E-state index contributed by atoms with van der Waals surface area (Å²) in [5, 5.41) is 4.57. The smallest absolute Gasteiger partial charge is 0.134 e. The molecule has 0 saturated heterocycles. The number of aryl methyl sites for hydroxylation is 1. The Labute approximate surface area is 127 Å². The van der Waals surface area contributed by atoms with Gasteiger partial charge in [0.15, 0.2) is 0 Å². The highest BCUT2D eigenvalue weighted by molar-refractivity contribution is 7.16. The van der Waals surface area contributed by atoms with E-state index in [1.807, 2.05) is 25.2 Å². The molecular formula is C16H16ClNOS. The lowest BCUT2D eigenvalue weighted by Crippen LogP contribution is -2.17. The van der Waals surface area contributed by atoms with E-state index < -0.39 is 0 Å². The van der Waals surface area contributed by atoms with Crippen LogP contribution in [0, 0.1) is 0 Å². The Morgan fingerprint density at radius 1 is 1.25 bits per heavy atom. The van der Waals surface area contributed by atoms with E-state index in [-0.39, 0.29) is 6.04 Å². The molecule has 2 heterocycles. The highest BCUT2D eigenvalue weighted by Gasteiger charge is 2.23. The minimum absolute atomic E-state index is 0.117. The molecular weight excluding hydrogens is 290 g/mol. The van der Waals surface area contributed by atoms with E-state index in [1.165, 1.54) is 15.8 Å². The van der Waals surface area contributed by atoms with Crippen molar-refractivity contribution in [1.82, 2.24) is 5.32 Å². The van der Waals surface area contributed by atoms with Crippen LogP contribution in [0.4, 0.5) is 0 Å². The second-order valence-electron chi connectivity index (χ2n) is 4.65. The van der Waals surface area contributed by atoms with Gasteiger partial charge in [-0.25, -0.2) is 0 Å². The first-order valence-corrected chi connectivity index (χ1v) is 7.86. The van der Waals surface area contributed by atoms with Gasteiger partial charge in [0, 0.05) is 22.2 Å². The van der Waals surface area contributed by atoms with Crippen LogP contribution >= 0.6 is 22.9 Å². The van der Waals surface area contributed by atoms with Gasteiger partial charge in [-0.05, 0) is 25.2 Å². The van der Waals surface area contributed by atoms with Gasteiger partial charge in [-0.3, -0.25) is 0 Å². The Morgan fingerprint density at radius 3 is 2.70 bits per heavy atom. The summed E-state index contributed by atoms with van der Waals surface area (Å²) in [5.41, 5.74) is 2.17. The molecule has 1 N–H and O–H groups in total. The number of fused-ring (bicyclic) bond motifs is 1. The van der Waals surface area contributed by atoms with Crippen molar-refractivity contribution < 1.29 is 4.42 Å². The van der Waals surface area contributed by atoms with Crippen molar-refractivity contribution in [2.24, 2.45) is 0 Å². The first kappa shape index (κ1) is 13.7. The van der Waals surface area contributed by atoms with E-state index in [0.29, 0.717) is 0 Å². The van der Waals surface area contributed by atoms with E-state index in [2.05, 4.69) is 30.4 Å². The highest BCUT2D eigenvalue weighted by Crippen LogP contribution is 2.37. The maximum Gasteiger partial charge on any atom is 0.134 e. The maximum atomic E-state index is 6.08. The molecule has 0 amide bonds. The fraction of sp³-hybridized carbons (Fsp3) is 0.250. The molecule has 4 heteroatoms. The Balaban J connectivity index is 2.20. The maximum absolute atomic E-state index is 6.08. The van der Waals surface area contributed by atoms with Crippen molar-refractivity contribution in [3.05, 3.63) is 56.9 Å². The molecule has 1 aromatic carbocycles. The molecule has 0 radical (unpaired) electrons. The number of benzene rings is 1. The molecule has 0 bridgehead atoms. The quantitative estimate of drug-likeness (QED) is 0.732. The molecule has 104 valence electrons. The van der Waals surface area contributed by atoms with Crippen LogP contribution in [0.1, 0.15) is 29.2 Å².